The maximum absolute atomic E-state index is 15.6. The fraction of sp³-hybridized carbons (Fsp3) is 0.394. The van der Waals surface area contributed by atoms with Crippen molar-refractivity contribution in [2.75, 3.05) is 27.4 Å². The summed E-state index contributed by atoms with van der Waals surface area (Å²) < 4.78 is 39.6. The van der Waals surface area contributed by atoms with Crippen molar-refractivity contribution < 1.29 is 47.6 Å². The first-order valence-electron chi connectivity index (χ1n) is 14.5. The first-order valence-corrected chi connectivity index (χ1v) is 16.1. The molecule has 1 aliphatic carbocycles. The van der Waals surface area contributed by atoms with Crippen molar-refractivity contribution in [3.05, 3.63) is 45.9 Å². The van der Waals surface area contributed by atoms with Gasteiger partial charge in [-0.2, -0.15) is 0 Å². The minimum atomic E-state index is -1.02. The number of halogens is 1. The molecule has 0 spiro atoms. The maximum Gasteiger partial charge on any atom is 0.306 e. The van der Waals surface area contributed by atoms with Crippen LogP contribution in [-0.2, 0) is 9.59 Å². The first-order chi connectivity index (χ1) is 21.5. The number of carboxylic acids is 1. The van der Waals surface area contributed by atoms with Gasteiger partial charge in [-0.15, -0.1) is 22.7 Å². The van der Waals surface area contributed by atoms with Crippen molar-refractivity contribution in [2.24, 2.45) is 17.8 Å². The van der Waals surface area contributed by atoms with Crippen molar-refractivity contribution in [3.8, 4) is 23.0 Å². The Morgan fingerprint density at radius 2 is 1.56 bits per heavy atom. The van der Waals surface area contributed by atoms with E-state index in [2.05, 4.69) is 0 Å². The Labute approximate surface area is 266 Å². The Morgan fingerprint density at radius 1 is 0.889 bits per heavy atom. The number of aliphatic carboxylic acids is 1. The summed E-state index contributed by atoms with van der Waals surface area (Å²) in [5.74, 6) is -2.33. The summed E-state index contributed by atoms with van der Waals surface area (Å²) in [6.07, 6.45) is 1.66. The van der Waals surface area contributed by atoms with Crippen molar-refractivity contribution in [3.63, 3.8) is 0 Å². The monoisotopic (exact) mass is 656 g/mol. The van der Waals surface area contributed by atoms with Gasteiger partial charge < -0.3 is 24.1 Å². The Bertz CT molecular complexity index is 1790. The molecular formula is C33H33FO9S2. The maximum atomic E-state index is 15.6. The number of carbonyl (C=O) groups excluding carboxylic acids is 3. The highest BCUT2D eigenvalue weighted by Crippen LogP contribution is 2.43. The lowest BCUT2D eigenvalue weighted by Gasteiger charge is -2.33. The Hall–Kier alpha value is -4.03. The standard InChI is InChI=1S/C33H33FO9S2/c1-16(33(38)39)10-22(36)28-12-18-11-24(23(40-3)14-26(18)44-28)42-8-5-9-43-32-25(41-4)15-27-21(30(32)34)13-29(45-27)31(37)20-7-6-19(20)17(2)35/h11-16,19-20H,5-10H2,1-4H3,(H,38,39)/t16-,19-,20+/m0/s1. The smallest absolute Gasteiger partial charge is 0.306 e. The van der Waals surface area contributed by atoms with Gasteiger partial charge in [0.1, 0.15) is 5.78 Å². The zero-order valence-electron chi connectivity index (χ0n) is 25.3. The summed E-state index contributed by atoms with van der Waals surface area (Å²) in [5.41, 5.74) is 0. The second-order valence-electron chi connectivity index (χ2n) is 11.1. The molecule has 1 saturated carbocycles. The van der Waals surface area contributed by atoms with Crippen LogP contribution in [0.1, 0.15) is 58.9 Å². The van der Waals surface area contributed by atoms with Gasteiger partial charge in [-0.1, -0.05) is 6.92 Å². The number of fused-ring (bicyclic) bond motifs is 2. The molecule has 2 aromatic carbocycles. The number of ketones is 3. The van der Waals surface area contributed by atoms with E-state index in [-0.39, 0.29) is 65.7 Å². The highest BCUT2D eigenvalue weighted by Gasteiger charge is 2.40. The largest absolute Gasteiger partial charge is 0.493 e. The SMILES string of the molecule is COc1cc2sc(C(=O)C[C@H](C)C(=O)O)cc2cc1OCCCOc1c(OC)cc2sc(C(=O)[C@@H]3CC[C@H]3C(C)=O)cc2c1F. The Balaban J connectivity index is 1.23. The molecule has 45 heavy (non-hydrogen) atoms. The van der Waals surface area contributed by atoms with E-state index in [1.165, 1.54) is 56.8 Å². The molecule has 9 nitrogen and oxygen atoms in total. The number of methoxy groups -OCH3 is 2. The highest BCUT2D eigenvalue weighted by atomic mass is 32.1. The van der Waals surface area contributed by atoms with Crippen molar-refractivity contribution >= 4 is 66.2 Å². The summed E-state index contributed by atoms with van der Waals surface area (Å²) in [6.45, 7) is 3.33. The molecule has 0 amide bonds. The van der Waals surface area contributed by atoms with Gasteiger partial charge in [-0.05, 0) is 43.4 Å². The van der Waals surface area contributed by atoms with E-state index >= 15 is 4.39 Å². The molecule has 0 aliphatic heterocycles. The molecule has 238 valence electrons. The Kier molecular flexibility index (Phi) is 9.73. The third-order valence-electron chi connectivity index (χ3n) is 8.06. The van der Waals surface area contributed by atoms with Crippen LogP contribution in [0.4, 0.5) is 4.39 Å². The zero-order valence-corrected chi connectivity index (χ0v) is 26.9. The van der Waals surface area contributed by atoms with Crippen molar-refractivity contribution in [1.82, 2.24) is 0 Å². The summed E-state index contributed by atoms with van der Waals surface area (Å²) in [4.78, 5) is 49.5. The first kappa shape index (κ1) is 32.4. The van der Waals surface area contributed by atoms with E-state index < -0.39 is 17.7 Å². The number of Topliss-reactive ketones (excluding diaryl/α,β-unsaturated/α-hetero) is 3. The molecule has 2 heterocycles. The van der Waals surface area contributed by atoms with Crippen molar-refractivity contribution in [2.45, 2.75) is 39.5 Å². The Morgan fingerprint density at radius 3 is 2.20 bits per heavy atom. The van der Waals surface area contributed by atoms with Gasteiger partial charge in [-0.25, -0.2) is 4.39 Å². The fourth-order valence-electron chi connectivity index (χ4n) is 5.33. The van der Waals surface area contributed by atoms with E-state index in [0.717, 1.165) is 10.1 Å². The van der Waals surface area contributed by atoms with Crippen LogP contribution in [-0.4, -0.2) is 55.9 Å². The van der Waals surface area contributed by atoms with Gasteiger partial charge >= 0.3 is 5.97 Å². The summed E-state index contributed by atoms with van der Waals surface area (Å²) >= 11 is 2.44. The van der Waals surface area contributed by atoms with Gasteiger partial charge in [0.05, 0.1) is 43.1 Å². The van der Waals surface area contributed by atoms with Crippen LogP contribution in [0.3, 0.4) is 0 Å². The van der Waals surface area contributed by atoms with Crippen LogP contribution in [0, 0.1) is 23.6 Å². The van der Waals surface area contributed by atoms with Crippen LogP contribution >= 0.6 is 22.7 Å². The molecule has 0 bridgehead atoms. The topological polar surface area (TPSA) is 125 Å². The lowest BCUT2D eigenvalue weighted by Crippen LogP contribution is -2.36. The van der Waals surface area contributed by atoms with Crippen LogP contribution < -0.4 is 18.9 Å². The van der Waals surface area contributed by atoms with Crippen LogP contribution in [0.25, 0.3) is 20.2 Å². The van der Waals surface area contributed by atoms with E-state index in [1.807, 2.05) is 0 Å². The summed E-state index contributed by atoms with van der Waals surface area (Å²) in [6, 6.07) is 8.42. The molecule has 4 aromatic rings. The lowest BCUT2D eigenvalue weighted by molar-refractivity contribution is -0.141. The number of carbonyl (C=O) groups is 4. The number of rotatable bonds is 15. The van der Waals surface area contributed by atoms with Crippen molar-refractivity contribution in [1.29, 1.82) is 0 Å². The summed E-state index contributed by atoms with van der Waals surface area (Å²) in [7, 11) is 2.93. The van der Waals surface area contributed by atoms with E-state index in [9.17, 15) is 19.2 Å². The van der Waals surface area contributed by atoms with E-state index in [0.29, 0.717) is 45.2 Å². The van der Waals surface area contributed by atoms with Gasteiger partial charge in [0.15, 0.2) is 40.4 Å². The van der Waals surface area contributed by atoms with Gasteiger partial charge in [0, 0.05) is 51.6 Å². The summed E-state index contributed by atoms with van der Waals surface area (Å²) in [5, 5.41) is 10.1. The zero-order chi connectivity index (χ0) is 32.4. The number of hydrogen-bond donors (Lipinski definition) is 1. The molecule has 0 unspecified atom stereocenters. The number of carboxylic acid groups (broad SMARTS) is 1. The molecule has 1 N–H and O–H groups in total. The molecule has 1 fully saturated rings. The van der Waals surface area contributed by atoms with Crippen LogP contribution in [0.2, 0.25) is 0 Å². The normalized spacial score (nSPS) is 16.6. The fourth-order valence-corrected chi connectivity index (χ4v) is 7.44. The van der Waals surface area contributed by atoms with Crippen LogP contribution in [0.15, 0.2) is 30.3 Å². The minimum absolute atomic E-state index is 0.00367. The molecule has 0 radical (unpaired) electrons. The predicted octanol–water partition coefficient (Wildman–Crippen LogP) is 7.21. The third kappa shape index (κ3) is 6.67. The lowest BCUT2D eigenvalue weighted by atomic mass is 9.69. The molecule has 2 aromatic heterocycles. The number of thiophene rings is 2. The van der Waals surface area contributed by atoms with Gasteiger partial charge in [-0.3, -0.25) is 19.2 Å². The molecule has 12 heteroatoms. The van der Waals surface area contributed by atoms with E-state index in [1.54, 1.807) is 24.3 Å². The predicted molar refractivity (Wildman–Crippen MR) is 169 cm³/mol. The average Bonchev–Trinajstić information content (AvgIpc) is 3.60. The van der Waals surface area contributed by atoms with Gasteiger partial charge in [0.25, 0.3) is 0 Å². The molecule has 1 aliphatic rings. The highest BCUT2D eigenvalue weighted by molar-refractivity contribution is 7.21. The van der Waals surface area contributed by atoms with Gasteiger partial charge in [0.2, 0.25) is 0 Å². The number of benzene rings is 2. The molecule has 0 saturated heterocycles. The van der Waals surface area contributed by atoms with Crippen LogP contribution in [0.5, 0.6) is 23.0 Å². The minimum Gasteiger partial charge on any atom is -0.493 e. The molecule has 3 atom stereocenters. The third-order valence-corrected chi connectivity index (χ3v) is 10.3. The number of hydrogen-bond acceptors (Lipinski definition) is 10. The quantitative estimate of drug-likeness (QED) is 0.104. The van der Waals surface area contributed by atoms with E-state index in [4.69, 9.17) is 24.1 Å². The molecule has 5 rings (SSSR count). The second kappa shape index (κ2) is 13.5. The molecular weight excluding hydrogens is 623 g/mol. The number of ether oxygens (including phenoxy) is 4. The second-order valence-corrected chi connectivity index (χ2v) is 13.2. The average molecular weight is 657 g/mol.